The van der Waals surface area contributed by atoms with Crippen molar-refractivity contribution in [3.05, 3.63) is 34.7 Å². The van der Waals surface area contributed by atoms with E-state index in [4.69, 9.17) is 0 Å². The molecule has 1 heterocycles. The Balaban J connectivity index is 2.19. The predicted molar refractivity (Wildman–Crippen MR) is 87.5 cm³/mol. The van der Waals surface area contributed by atoms with Gasteiger partial charge in [-0.25, -0.2) is 0 Å². The van der Waals surface area contributed by atoms with Crippen LogP contribution in [0, 0.1) is 0 Å². The van der Waals surface area contributed by atoms with Gasteiger partial charge in [-0.3, -0.25) is 0 Å². The first-order chi connectivity index (χ1) is 10.5. The van der Waals surface area contributed by atoms with Crippen molar-refractivity contribution < 1.29 is 13.2 Å². The number of thiophene rings is 1. The maximum Gasteiger partial charge on any atom is 0.600 e. The summed E-state index contributed by atoms with van der Waals surface area (Å²) in [5, 5.41) is 0.852. The molecule has 0 aliphatic heterocycles. The molecule has 0 radical (unpaired) electrons. The SMILES string of the molecule is CCc1cccc2c1cc(C1CCCCCC1)[s+]2C(F)(F)F. The van der Waals surface area contributed by atoms with Gasteiger partial charge in [0.1, 0.15) is 0 Å². The quantitative estimate of drug-likeness (QED) is 0.409. The Morgan fingerprint density at radius 2 is 1.77 bits per heavy atom. The van der Waals surface area contributed by atoms with E-state index in [-0.39, 0.29) is 5.92 Å². The first-order valence-corrected chi connectivity index (χ1v) is 9.39. The summed E-state index contributed by atoms with van der Waals surface area (Å²) < 4.78 is 41.8. The Kier molecular flexibility index (Phi) is 4.49. The monoisotopic (exact) mass is 327 g/mol. The minimum absolute atomic E-state index is 0.115. The van der Waals surface area contributed by atoms with Crippen LogP contribution in [0.4, 0.5) is 13.2 Å². The molecule has 1 aromatic heterocycles. The van der Waals surface area contributed by atoms with Crippen molar-refractivity contribution in [1.82, 2.24) is 0 Å². The first kappa shape index (κ1) is 15.9. The summed E-state index contributed by atoms with van der Waals surface area (Å²) in [4.78, 5) is 0.658. The smallest absolute Gasteiger partial charge is 0.118 e. The third-order valence-corrected chi connectivity index (χ3v) is 6.95. The van der Waals surface area contributed by atoms with Crippen molar-refractivity contribution in [3.8, 4) is 0 Å². The minimum Gasteiger partial charge on any atom is -0.118 e. The molecule has 1 saturated carbocycles. The van der Waals surface area contributed by atoms with Crippen molar-refractivity contribution in [2.75, 3.05) is 0 Å². The first-order valence-electron chi connectivity index (χ1n) is 8.17. The van der Waals surface area contributed by atoms with Crippen molar-refractivity contribution >= 4 is 20.6 Å². The van der Waals surface area contributed by atoms with Crippen molar-refractivity contribution in [2.45, 2.75) is 63.3 Å². The molecule has 1 aliphatic carbocycles. The summed E-state index contributed by atoms with van der Waals surface area (Å²) in [6.45, 7) is 2.01. The predicted octanol–water partition coefficient (Wildman–Crippen LogP) is 7.07. The Morgan fingerprint density at radius 3 is 2.36 bits per heavy atom. The summed E-state index contributed by atoms with van der Waals surface area (Å²) in [6, 6.07) is 7.32. The Bertz CT molecular complexity index is 646. The van der Waals surface area contributed by atoms with Crippen LogP contribution in [0.5, 0.6) is 0 Å². The highest BCUT2D eigenvalue weighted by molar-refractivity contribution is 7.38. The molecule has 1 atom stereocenters. The van der Waals surface area contributed by atoms with Gasteiger partial charge in [0.2, 0.25) is 0 Å². The van der Waals surface area contributed by atoms with Gasteiger partial charge in [0.05, 0.1) is 10.5 Å². The fraction of sp³-hybridized carbons (Fsp3) is 0.556. The minimum atomic E-state index is -4.16. The van der Waals surface area contributed by atoms with Crippen LogP contribution < -0.4 is 0 Å². The van der Waals surface area contributed by atoms with E-state index in [0.29, 0.717) is 9.58 Å². The highest BCUT2D eigenvalue weighted by Gasteiger charge is 2.49. The van der Waals surface area contributed by atoms with E-state index >= 15 is 0 Å². The molecule has 1 aromatic carbocycles. The van der Waals surface area contributed by atoms with Gasteiger partial charge < -0.3 is 0 Å². The van der Waals surface area contributed by atoms with E-state index in [2.05, 4.69) is 0 Å². The maximum atomic E-state index is 13.8. The molecular weight excluding hydrogens is 305 g/mol. The van der Waals surface area contributed by atoms with E-state index in [1.807, 2.05) is 19.1 Å². The van der Waals surface area contributed by atoms with Crippen LogP contribution in [-0.4, -0.2) is 0 Å². The third-order valence-electron chi connectivity index (χ3n) is 4.77. The van der Waals surface area contributed by atoms with Crippen LogP contribution in [0.15, 0.2) is 24.3 Å². The van der Waals surface area contributed by atoms with Gasteiger partial charge in [-0.1, -0.05) is 44.7 Å². The highest BCUT2D eigenvalue weighted by atomic mass is 32.2. The topological polar surface area (TPSA) is 0 Å². The standard InChI is InChI=1S/C18H22F3S/c1-2-13-10-7-11-16-15(13)12-17(22(16)18(19,20)21)14-8-5-3-4-6-9-14/h7,10-12,14H,2-6,8-9H2,1H3/q+1. The Hall–Kier alpha value is -1.03. The van der Waals surface area contributed by atoms with Gasteiger partial charge in [-0.15, -0.1) is 13.2 Å². The molecule has 120 valence electrons. The molecule has 0 nitrogen and oxygen atoms in total. The summed E-state index contributed by atoms with van der Waals surface area (Å²) in [7, 11) is -1.71. The number of alkyl halides is 3. The van der Waals surface area contributed by atoms with Crippen molar-refractivity contribution in [3.63, 3.8) is 0 Å². The van der Waals surface area contributed by atoms with Gasteiger partial charge in [0, 0.05) is 17.4 Å². The van der Waals surface area contributed by atoms with E-state index in [1.165, 1.54) is 0 Å². The zero-order valence-corrected chi connectivity index (χ0v) is 13.7. The van der Waals surface area contributed by atoms with Crippen LogP contribution in [0.1, 0.15) is 61.8 Å². The zero-order valence-electron chi connectivity index (χ0n) is 12.9. The van der Waals surface area contributed by atoms with Crippen LogP contribution in [0.2, 0.25) is 0 Å². The van der Waals surface area contributed by atoms with Crippen LogP contribution in [0.3, 0.4) is 0 Å². The summed E-state index contributed by atoms with van der Waals surface area (Å²) in [5.74, 6) is 0.115. The molecule has 0 N–H and O–H groups in total. The van der Waals surface area contributed by atoms with E-state index < -0.39 is 16.0 Å². The molecule has 0 saturated heterocycles. The molecule has 22 heavy (non-hydrogen) atoms. The molecule has 0 bridgehead atoms. The number of halogens is 3. The lowest BCUT2D eigenvalue weighted by Crippen LogP contribution is -2.02. The zero-order chi connectivity index (χ0) is 15.7. The van der Waals surface area contributed by atoms with Crippen LogP contribution >= 0.6 is 10.5 Å². The highest BCUT2D eigenvalue weighted by Crippen LogP contribution is 2.55. The number of fused-ring (bicyclic) bond motifs is 1. The number of benzene rings is 1. The normalized spacial score (nSPS) is 18.6. The molecule has 0 spiro atoms. The number of hydrogen-bond donors (Lipinski definition) is 0. The number of rotatable bonds is 2. The lowest BCUT2D eigenvalue weighted by Gasteiger charge is -2.10. The molecule has 3 rings (SSSR count). The third kappa shape index (κ3) is 2.90. The summed E-state index contributed by atoms with van der Waals surface area (Å²) in [5.41, 5.74) is -3.11. The van der Waals surface area contributed by atoms with E-state index in [1.54, 1.807) is 12.1 Å². The average Bonchev–Trinajstić information content (AvgIpc) is 2.67. The lowest BCUT2D eigenvalue weighted by atomic mass is 9.97. The second kappa shape index (κ2) is 6.23. The van der Waals surface area contributed by atoms with Crippen molar-refractivity contribution in [1.29, 1.82) is 0 Å². The molecule has 2 aromatic rings. The van der Waals surface area contributed by atoms with Crippen molar-refractivity contribution in [2.24, 2.45) is 0 Å². The number of hydrogen-bond acceptors (Lipinski definition) is 0. The largest absolute Gasteiger partial charge is 0.600 e. The summed E-state index contributed by atoms with van der Waals surface area (Å²) in [6.07, 6.45) is 7.07. The Morgan fingerprint density at radius 1 is 1.09 bits per heavy atom. The Labute approximate surface area is 132 Å². The lowest BCUT2D eigenvalue weighted by molar-refractivity contribution is -0.0868. The van der Waals surface area contributed by atoms with Crippen LogP contribution in [-0.2, 0) is 11.9 Å². The molecule has 1 aliphatic rings. The summed E-state index contributed by atoms with van der Waals surface area (Å²) >= 11 is 0. The van der Waals surface area contributed by atoms with Gasteiger partial charge in [-0.05, 0) is 30.9 Å². The van der Waals surface area contributed by atoms with Crippen LogP contribution in [0.25, 0.3) is 10.1 Å². The van der Waals surface area contributed by atoms with E-state index in [0.717, 1.165) is 55.9 Å². The second-order valence-corrected chi connectivity index (χ2v) is 8.16. The maximum absolute atomic E-state index is 13.8. The molecule has 0 amide bonds. The molecule has 1 unspecified atom stereocenters. The molecule has 4 heteroatoms. The molecule has 1 fully saturated rings. The van der Waals surface area contributed by atoms with Gasteiger partial charge >= 0.3 is 5.51 Å². The number of aryl methyl sites for hydroxylation is 1. The average molecular weight is 327 g/mol. The van der Waals surface area contributed by atoms with E-state index in [9.17, 15) is 13.2 Å². The second-order valence-electron chi connectivity index (χ2n) is 6.17. The fourth-order valence-corrected chi connectivity index (χ4v) is 5.87. The fourth-order valence-electron chi connectivity index (χ4n) is 3.67. The molecular formula is C18H22F3S+. The van der Waals surface area contributed by atoms with Gasteiger partial charge in [-0.2, -0.15) is 0 Å². The van der Waals surface area contributed by atoms with Gasteiger partial charge in [0.25, 0.3) is 0 Å². The van der Waals surface area contributed by atoms with Gasteiger partial charge in [0.15, 0.2) is 9.58 Å².